The van der Waals surface area contributed by atoms with Gasteiger partial charge in [0.05, 0.1) is 15.5 Å². The molecule has 0 saturated heterocycles. The summed E-state index contributed by atoms with van der Waals surface area (Å²) in [5.41, 5.74) is 0.882. The Hall–Kier alpha value is -3.52. The Morgan fingerprint density at radius 2 is 1.46 bits per heavy atom. The summed E-state index contributed by atoms with van der Waals surface area (Å²) in [6, 6.07) is 18.9. The second kappa shape index (κ2) is 7.61. The minimum Gasteiger partial charge on any atom is -0.268 e. The fraction of sp³-hybridized carbons (Fsp3) is 0.0500. The monoisotopic (exact) mass is 396 g/mol. The first-order valence-corrected chi connectivity index (χ1v) is 9.70. The lowest BCUT2D eigenvalue weighted by Crippen LogP contribution is -2.37. The SMILES string of the molecule is Cc1ccc(S(=O)(=O)N(C(=O)c2ccc([N+](=O)[O-])cc2)c2ccccc2)cc1. The van der Waals surface area contributed by atoms with E-state index in [-0.39, 0.29) is 21.8 Å². The highest BCUT2D eigenvalue weighted by molar-refractivity contribution is 7.93. The second-order valence-electron chi connectivity index (χ2n) is 6.03. The molecule has 0 aliphatic rings. The number of hydrogen-bond donors (Lipinski definition) is 0. The first kappa shape index (κ1) is 19.2. The van der Waals surface area contributed by atoms with Gasteiger partial charge >= 0.3 is 0 Å². The van der Waals surface area contributed by atoms with Crippen LogP contribution in [-0.2, 0) is 10.0 Å². The van der Waals surface area contributed by atoms with Gasteiger partial charge in [0.1, 0.15) is 0 Å². The largest absolute Gasteiger partial charge is 0.272 e. The molecule has 3 aromatic rings. The van der Waals surface area contributed by atoms with Gasteiger partial charge in [-0.1, -0.05) is 35.9 Å². The van der Waals surface area contributed by atoms with Gasteiger partial charge in [-0.15, -0.1) is 0 Å². The number of amides is 1. The third kappa shape index (κ3) is 3.77. The molecule has 0 unspecified atom stereocenters. The summed E-state index contributed by atoms with van der Waals surface area (Å²) in [7, 11) is -4.19. The molecule has 0 aliphatic heterocycles. The zero-order valence-corrected chi connectivity index (χ0v) is 15.7. The number of para-hydroxylation sites is 1. The number of nitro groups is 1. The molecule has 7 nitrogen and oxygen atoms in total. The molecule has 8 heteroatoms. The summed E-state index contributed by atoms with van der Waals surface area (Å²) in [4.78, 5) is 23.3. The predicted octanol–water partition coefficient (Wildman–Crippen LogP) is 3.94. The van der Waals surface area contributed by atoms with Crippen LogP contribution in [0.3, 0.4) is 0 Å². The number of sulfonamides is 1. The molecule has 0 N–H and O–H groups in total. The summed E-state index contributed by atoms with van der Waals surface area (Å²) in [5.74, 6) is -0.804. The number of carbonyl (C=O) groups is 1. The van der Waals surface area contributed by atoms with Crippen molar-refractivity contribution >= 4 is 27.3 Å². The van der Waals surface area contributed by atoms with Gasteiger partial charge in [0.2, 0.25) is 0 Å². The Kier molecular flexibility index (Phi) is 5.23. The van der Waals surface area contributed by atoms with Gasteiger partial charge in [-0.25, -0.2) is 8.42 Å². The van der Waals surface area contributed by atoms with Crippen LogP contribution in [0.1, 0.15) is 15.9 Å². The third-order valence-corrected chi connectivity index (χ3v) is 5.78. The molecule has 3 rings (SSSR count). The molecule has 0 spiro atoms. The molecule has 28 heavy (non-hydrogen) atoms. The van der Waals surface area contributed by atoms with E-state index < -0.39 is 20.9 Å². The number of nitro benzene ring substituents is 1. The van der Waals surface area contributed by atoms with E-state index in [1.165, 1.54) is 36.4 Å². The average Bonchev–Trinajstić information content (AvgIpc) is 2.69. The van der Waals surface area contributed by atoms with E-state index in [1.807, 2.05) is 6.92 Å². The Bertz CT molecular complexity index is 1110. The highest BCUT2D eigenvalue weighted by Gasteiger charge is 2.32. The van der Waals surface area contributed by atoms with Crippen molar-refractivity contribution in [3.63, 3.8) is 0 Å². The van der Waals surface area contributed by atoms with Crippen molar-refractivity contribution in [1.82, 2.24) is 0 Å². The van der Waals surface area contributed by atoms with Crippen LogP contribution < -0.4 is 4.31 Å². The molecule has 3 aromatic carbocycles. The average molecular weight is 396 g/mol. The van der Waals surface area contributed by atoms with Crippen LogP contribution in [0.15, 0.2) is 83.8 Å². The highest BCUT2D eigenvalue weighted by Crippen LogP contribution is 2.26. The van der Waals surface area contributed by atoms with E-state index >= 15 is 0 Å². The normalized spacial score (nSPS) is 11.0. The number of rotatable bonds is 5. The van der Waals surface area contributed by atoms with Crippen LogP contribution in [0.25, 0.3) is 0 Å². The van der Waals surface area contributed by atoms with Crippen LogP contribution >= 0.6 is 0 Å². The molecule has 0 heterocycles. The van der Waals surface area contributed by atoms with E-state index in [1.54, 1.807) is 30.3 Å². The van der Waals surface area contributed by atoms with Crippen LogP contribution in [0.5, 0.6) is 0 Å². The zero-order chi connectivity index (χ0) is 20.3. The van der Waals surface area contributed by atoms with Crippen molar-refractivity contribution in [3.05, 3.63) is 100 Å². The first-order chi connectivity index (χ1) is 13.3. The quantitative estimate of drug-likeness (QED) is 0.481. The smallest absolute Gasteiger partial charge is 0.268 e. The molecule has 0 fully saturated rings. The number of aryl methyl sites for hydroxylation is 1. The molecular weight excluding hydrogens is 380 g/mol. The van der Waals surface area contributed by atoms with E-state index in [9.17, 15) is 23.3 Å². The van der Waals surface area contributed by atoms with Crippen molar-refractivity contribution in [3.8, 4) is 0 Å². The van der Waals surface area contributed by atoms with Gasteiger partial charge in [0.25, 0.3) is 21.6 Å². The lowest BCUT2D eigenvalue weighted by atomic mass is 10.2. The van der Waals surface area contributed by atoms with Crippen LogP contribution in [0.4, 0.5) is 11.4 Å². The molecule has 0 atom stereocenters. The number of carbonyl (C=O) groups excluding carboxylic acids is 1. The predicted molar refractivity (Wildman–Crippen MR) is 105 cm³/mol. The van der Waals surface area contributed by atoms with Gasteiger partial charge in [0, 0.05) is 17.7 Å². The number of anilines is 1. The number of hydrogen-bond acceptors (Lipinski definition) is 5. The van der Waals surface area contributed by atoms with E-state index in [0.717, 1.165) is 17.7 Å². The summed E-state index contributed by atoms with van der Waals surface area (Å²) in [6.07, 6.45) is 0. The molecule has 1 amide bonds. The van der Waals surface area contributed by atoms with Crippen molar-refractivity contribution in [1.29, 1.82) is 0 Å². The molecule has 0 radical (unpaired) electrons. The number of nitrogens with zero attached hydrogens (tertiary/aromatic N) is 2. The molecule has 0 aliphatic carbocycles. The van der Waals surface area contributed by atoms with Crippen molar-refractivity contribution < 1.29 is 18.1 Å². The molecule has 142 valence electrons. The summed E-state index contributed by atoms with van der Waals surface area (Å²) >= 11 is 0. The molecule has 0 aromatic heterocycles. The van der Waals surface area contributed by atoms with Crippen molar-refractivity contribution in [2.24, 2.45) is 0 Å². The van der Waals surface area contributed by atoms with Crippen LogP contribution in [0, 0.1) is 17.0 Å². The molecular formula is C20H16N2O5S. The maximum Gasteiger partial charge on any atom is 0.272 e. The fourth-order valence-corrected chi connectivity index (χ4v) is 4.00. The van der Waals surface area contributed by atoms with Gasteiger partial charge in [0.15, 0.2) is 0 Å². The second-order valence-corrected chi connectivity index (χ2v) is 7.81. The van der Waals surface area contributed by atoms with E-state index in [0.29, 0.717) is 4.31 Å². The summed E-state index contributed by atoms with van der Waals surface area (Å²) < 4.78 is 27.2. The Labute approximate surface area is 162 Å². The lowest BCUT2D eigenvalue weighted by molar-refractivity contribution is -0.384. The van der Waals surface area contributed by atoms with Gasteiger partial charge in [-0.2, -0.15) is 4.31 Å². The maximum absolute atomic E-state index is 13.2. The zero-order valence-electron chi connectivity index (χ0n) is 14.8. The fourth-order valence-electron chi connectivity index (χ4n) is 2.59. The lowest BCUT2D eigenvalue weighted by Gasteiger charge is -2.22. The van der Waals surface area contributed by atoms with E-state index in [2.05, 4.69) is 0 Å². The summed E-state index contributed by atoms with van der Waals surface area (Å²) in [5, 5.41) is 10.8. The minimum atomic E-state index is -4.19. The van der Waals surface area contributed by atoms with E-state index in [4.69, 9.17) is 0 Å². The minimum absolute atomic E-state index is 0.0186. The van der Waals surface area contributed by atoms with Crippen molar-refractivity contribution in [2.75, 3.05) is 4.31 Å². The highest BCUT2D eigenvalue weighted by atomic mass is 32.2. The van der Waals surface area contributed by atoms with Crippen LogP contribution in [-0.4, -0.2) is 19.2 Å². The maximum atomic E-state index is 13.2. The van der Waals surface area contributed by atoms with Gasteiger partial charge in [-0.3, -0.25) is 14.9 Å². The summed E-state index contributed by atoms with van der Waals surface area (Å²) in [6.45, 7) is 1.83. The standard InChI is InChI=1S/C20H16N2O5S/c1-15-7-13-19(14-8-15)28(26,27)21(17-5-3-2-4-6-17)20(23)16-9-11-18(12-10-16)22(24)25/h2-14H,1H3. The topological polar surface area (TPSA) is 97.6 Å². The van der Waals surface area contributed by atoms with Gasteiger partial charge < -0.3 is 0 Å². The van der Waals surface area contributed by atoms with Crippen LogP contribution in [0.2, 0.25) is 0 Å². The third-order valence-electron chi connectivity index (χ3n) is 4.06. The Morgan fingerprint density at radius 1 is 0.893 bits per heavy atom. The number of non-ortho nitro benzene ring substituents is 1. The van der Waals surface area contributed by atoms with Crippen molar-refractivity contribution in [2.45, 2.75) is 11.8 Å². The molecule has 0 saturated carbocycles. The first-order valence-electron chi connectivity index (χ1n) is 8.26. The van der Waals surface area contributed by atoms with Gasteiger partial charge in [-0.05, 0) is 43.3 Å². The molecule has 0 bridgehead atoms. The number of benzene rings is 3. The Morgan fingerprint density at radius 3 is 2.00 bits per heavy atom. The Balaban J connectivity index is 2.11.